The van der Waals surface area contributed by atoms with Crippen LogP contribution in [0.3, 0.4) is 0 Å². The fraction of sp³-hybridized carbons (Fsp3) is 0.400. The number of aromatic nitrogens is 2. The van der Waals surface area contributed by atoms with Crippen LogP contribution < -0.4 is 0 Å². The van der Waals surface area contributed by atoms with Crippen LogP contribution in [-0.4, -0.2) is 44.5 Å². The summed E-state index contributed by atoms with van der Waals surface area (Å²) in [5, 5.41) is 9.08. The molecule has 1 aromatic heterocycles. The normalized spacial score (nSPS) is 18.9. The lowest BCUT2D eigenvalue weighted by molar-refractivity contribution is -0.145. The fourth-order valence-corrected chi connectivity index (χ4v) is 2.79. The summed E-state index contributed by atoms with van der Waals surface area (Å²) in [7, 11) is 0. The summed E-state index contributed by atoms with van der Waals surface area (Å²) in [5.74, 6) is -1.31. The first-order valence-electron chi connectivity index (χ1n) is 7.05. The average Bonchev–Trinajstić information content (AvgIpc) is 2.91. The second-order valence-electron chi connectivity index (χ2n) is 5.38. The molecule has 1 aromatic carbocycles. The van der Waals surface area contributed by atoms with E-state index in [1.54, 1.807) is 11.2 Å². The van der Waals surface area contributed by atoms with Gasteiger partial charge in [-0.05, 0) is 25.0 Å². The van der Waals surface area contributed by atoms with Crippen molar-refractivity contribution in [2.45, 2.75) is 19.4 Å². The quantitative estimate of drug-likeness (QED) is 0.925. The molecule has 1 N–H and O–H groups in total. The third-order valence-corrected chi connectivity index (χ3v) is 3.96. The van der Waals surface area contributed by atoms with Crippen LogP contribution >= 0.6 is 0 Å². The van der Waals surface area contributed by atoms with Gasteiger partial charge in [0.1, 0.15) is 6.54 Å². The van der Waals surface area contributed by atoms with Crippen LogP contribution in [0, 0.1) is 5.92 Å². The molecule has 1 aliphatic heterocycles. The van der Waals surface area contributed by atoms with E-state index in [-0.39, 0.29) is 12.5 Å². The molecule has 1 atom stereocenters. The smallest absolute Gasteiger partial charge is 0.308 e. The molecule has 2 heterocycles. The molecule has 2 aromatic rings. The largest absolute Gasteiger partial charge is 0.481 e. The van der Waals surface area contributed by atoms with E-state index < -0.39 is 11.9 Å². The van der Waals surface area contributed by atoms with Gasteiger partial charge in [-0.3, -0.25) is 9.59 Å². The molecule has 0 bridgehead atoms. The third kappa shape index (κ3) is 2.74. The molecular weight excluding hydrogens is 270 g/mol. The Morgan fingerprint density at radius 1 is 1.33 bits per heavy atom. The number of hydrogen-bond acceptors (Lipinski definition) is 3. The number of fused-ring (bicyclic) bond motifs is 1. The maximum Gasteiger partial charge on any atom is 0.308 e. The van der Waals surface area contributed by atoms with Crippen LogP contribution in [0.2, 0.25) is 0 Å². The summed E-state index contributed by atoms with van der Waals surface area (Å²) >= 11 is 0. The first-order chi connectivity index (χ1) is 10.1. The number of likely N-dealkylation sites (tertiary alicyclic amines) is 1. The van der Waals surface area contributed by atoms with Crippen LogP contribution in [0.15, 0.2) is 30.6 Å². The number of nitrogens with zero attached hydrogens (tertiary/aromatic N) is 3. The number of benzene rings is 1. The van der Waals surface area contributed by atoms with Gasteiger partial charge < -0.3 is 14.6 Å². The molecule has 0 spiro atoms. The number of piperidine rings is 1. The fourth-order valence-electron chi connectivity index (χ4n) is 2.79. The van der Waals surface area contributed by atoms with E-state index in [1.165, 1.54) is 0 Å². The van der Waals surface area contributed by atoms with Crippen molar-refractivity contribution in [3.05, 3.63) is 30.6 Å². The van der Waals surface area contributed by atoms with E-state index in [4.69, 9.17) is 5.11 Å². The van der Waals surface area contributed by atoms with Crippen molar-refractivity contribution in [1.82, 2.24) is 14.5 Å². The van der Waals surface area contributed by atoms with Gasteiger partial charge in [0.15, 0.2) is 0 Å². The number of para-hydroxylation sites is 2. The molecule has 6 heteroatoms. The molecule has 3 rings (SSSR count). The summed E-state index contributed by atoms with van der Waals surface area (Å²) < 4.78 is 1.81. The molecule has 6 nitrogen and oxygen atoms in total. The Morgan fingerprint density at radius 3 is 2.95 bits per heavy atom. The summed E-state index contributed by atoms with van der Waals surface area (Å²) in [4.78, 5) is 29.3. The van der Waals surface area contributed by atoms with Crippen molar-refractivity contribution in [2.75, 3.05) is 13.1 Å². The number of imidazole rings is 1. The van der Waals surface area contributed by atoms with Gasteiger partial charge in [0.25, 0.3) is 0 Å². The number of amides is 1. The predicted molar refractivity (Wildman–Crippen MR) is 76.7 cm³/mol. The van der Waals surface area contributed by atoms with Crippen molar-refractivity contribution in [1.29, 1.82) is 0 Å². The van der Waals surface area contributed by atoms with Gasteiger partial charge in [-0.2, -0.15) is 0 Å². The van der Waals surface area contributed by atoms with Crippen molar-refractivity contribution < 1.29 is 14.7 Å². The molecule has 21 heavy (non-hydrogen) atoms. The first-order valence-corrected chi connectivity index (χ1v) is 7.05. The molecule has 0 radical (unpaired) electrons. The van der Waals surface area contributed by atoms with E-state index >= 15 is 0 Å². The van der Waals surface area contributed by atoms with E-state index in [0.29, 0.717) is 19.5 Å². The SMILES string of the molecule is O=C(O)[C@@H]1CCCN(C(=O)Cn2cnc3ccccc32)C1. The number of aliphatic carboxylic acids is 1. The zero-order valence-electron chi connectivity index (χ0n) is 11.6. The van der Waals surface area contributed by atoms with Gasteiger partial charge in [-0.25, -0.2) is 4.98 Å². The molecule has 0 saturated carbocycles. The van der Waals surface area contributed by atoms with Crippen LogP contribution in [0.4, 0.5) is 0 Å². The topological polar surface area (TPSA) is 75.4 Å². The highest BCUT2D eigenvalue weighted by molar-refractivity contribution is 5.81. The van der Waals surface area contributed by atoms with Crippen molar-refractivity contribution >= 4 is 22.9 Å². The summed E-state index contributed by atoms with van der Waals surface area (Å²) in [6, 6.07) is 7.64. The van der Waals surface area contributed by atoms with Gasteiger partial charge in [0.05, 0.1) is 23.3 Å². The first kappa shape index (κ1) is 13.6. The van der Waals surface area contributed by atoms with Gasteiger partial charge in [0.2, 0.25) is 5.91 Å². The Balaban J connectivity index is 1.72. The molecule has 110 valence electrons. The Morgan fingerprint density at radius 2 is 2.14 bits per heavy atom. The highest BCUT2D eigenvalue weighted by Gasteiger charge is 2.28. The molecular formula is C15H17N3O3. The van der Waals surface area contributed by atoms with Crippen LogP contribution in [0.25, 0.3) is 11.0 Å². The standard InChI is InChI=1S/C15H17N3O3/c19-14(17-7-3-4-11(8-17)15(20)21)9-18-10-16-12-5-1-2-6-13(12)18/h1-2,5-6,10-11H,3-4,7-9H2,(H,20,21)/t11-/m1/s1. The van der Waals surface area contributed by atoms with Crippen molar-refractivity contribution in [3.63, 3.8) is 0 Å². The second-order valence-corrected chi connectivity index (χ2v) is 5.38. The van der Waals surface area contributed by atoms with Crippen molar-refractivity contribution in [3.8, 4) is 0 Å². The Hall–Kier alpha value is -2.37. The zero-order valence-corrected chi connectivity index (χ0v) is 11.6. The maximum atomic E-state index is 12.4. The lowest BCUT2D eigenvalue weighted by Crippen LogP contribution is -2.43. The molecule has 1 aliphatic rings. The maximum absolute atomic E-state index is 12.4. The van der Waals surface area contributed by atoms with Gasteiger partial charge >= 0.3 is 5.97 Å². The van der Waals surface area contributed by atoms with E-state index in [1.807, 2.05) is 28.8 Å². The molecule has 0 aliphatic carbocycles. The number of carbonyl (C=O) groups is 2. The zero-order chi connectivity index (χ0) is 14.8. The minimum absolute atomic E-state index is 0.0518. The Labute approximate surface area is 122 Å². The number of carboxylic acids is 1. The highest BCUT2D eigenvalue weighted by Crippen LogP contribution is 2.18. The summed E-state index contributed by atoms with van der Waals surface area (Å²) in [5.41, 5.74) is 1.77. The number of carboxylic acid groups (broad SMARTS) is 1. The highest BCUT2D eigenvalue weighted by atomic mass is 16.4. The van der Waals surface area contributed by atoms with Crippen LogP contribution in [-0.2, 0) is 16.1 Å². The minimum atomic E-state index is -0.819. The van der Waals surface area contributed by atoms with Crippen LogP contribution in [0.5, 0.6) is 0 Å². The third-order valence-electron chi connectivity index (χ3n) is 3.96. The Bertz CT molecular complexity index is 680. The second kappa shape index (κ2) is 5.55. The van der Waals surface area contributed by atoms with Gasteiger partial charge in [0, 0.05) is 13.1 Å². The summed E-state index contributed by atoms with van der Waals surface area (Å²) in [6.45, 7) is 1.14. The molecule has 1 saturated heterocycles. The van der Waals surface area contributed by atoms with Gasteiger partial charge in [-0.15, -0.1) is 0 Å². The van der Waals surface area contributed by atoms with E-state index in [0.717, 1.165) is 17.5 Å². The summed E-state index contributed by atoms with van der Waals surface area (Å²) in [6.07, 6.45) is 3.04. The van der Waals surface area contributed by atoms with Crippen molar-refractivity contribution in [2.24, 2.45) is 5.92 Å². The predicted octanol–water partition coefficient (Wildman–Crippen LogP) is 1.36. The average molecular weight is 287 g/mol. The van der Waals surface area contributed by atoms with E-state index in [9.17, 15) is 9.59 Å². The lowest BCUT2D eigenvalue weighted by Gasteiger charge is -2.30. The lowest BCUT2D eigenvalue weighted by atomic mass is 9.98. The number of carbonyl (C=O) groups excluding carboxylic acids is 1. The Kier molecular flexibility index (Phi) is 3.60. The minimum Gasteiger partial charge on any atom is -0.481 e. The number of rotatable bonds is 3. The molecule has 1 amide bonds. The number of hydrogen-bond donors (Lipinski definition) is 1. The monoisotopic (exact) mass is 287 g/mol. The molecule has 0 unspecified atom stereocenters. The van der Waals surface area contributed by atoms with Crippen LogP contribution in [0.1, 0.15) is 12.8 Å². The van der Waals surface area contributed by atoms with E-state index in [2.05, 4.69) is 4.98 Å². The molecule has 1 fully saturated rings. The van der Waals surface area contributed by atoms with Gasteiger partial charge in [-0.1, -0.05) is 12.1 Å².